The van der Waals surface area contributed by atoms with Crippen molar-refractivity contribution < 1.29 is 13.9 Å². The predicted octanol–water partition coefficient (Wildman–Crippen LogP) is 1.53. The summed E-state index contributed by atoms with van der Waals surface area (Å²) < 4.78 is 12.4. The number of methoxy groups -OCH3 is 1. The third-order valence-electron chi connectivity index (χ3n) is 5.43. The molecule has 9 nitrogen and oxygen atoms in total. The van der Waals surface area contributed by atoms with Crippen molar-refractivity contribution in [3.8, 4) is 5.75 Å². The van der Waals surface area contributed by atoms with Crippen molar-refractivity contribution >= 4 is 5.91 Å². The maximum atomic E-state index is 12.7. The van der Waals surface area contributed by atoms with Crippen LogP contribution in [0.25, 0.3) is 0 Å². The van der Waals surface area contributed by atoms with Crippen molar-refractivity contribution in [2.75, 3.05) is 20.2 Å². The Bertz CT molecular complexity index is 1160. The van der Waals surface area contributed by atoms with E-state index in [-0.39, 0.29) is 18.4 Å². The number of hydrogen-bond acceptors (Lipinski definition) is 6. The molecule has 0 spiro atoms. The van der Waals surface area contributed by atoms with Crippen molar-refractivity contribution in [3.63, 3.8) is 0 Å². The van der Waals surface area contributed by atoms with Crippen LogP contribution in [-0.4, -0.2) is 45.5 Å². The zero-order chi connectivity index (χ0) is 21.8. The molecule has 2 aromatic heterocycles. The highest BCUT2D eigenvalue weighted by atomic mass is 16.5. The number of benzene rings is 1. The van der Waals surface area contributed by atoms with E-state index in [1.165, 1.54) is 16.8 Å². The minimum absolute atomic E-state index is 0.00891. The number of likely N-dealkylation sites (tertiary alicyclic amines) is 1. The predicted molar refractivity (Wildman–Crippen MR) is 112 cm³/mol. The third kappa shape index (κ3) is 4.93. The first kappa shape index (κ1) is 20.6. The lowest BCUT2D eigenvalue weighted by Crippen LogP contribution is -2.42. The lowest BCUT2D eigenvalue weighted by molar-refractivity contribution is -0.133. The second-order valence-corrected chi connectivity index (χ2v) is 7.61. The summed E-state index contributed by atoms with van der Waals surface area (Å²) in [6.07, 6.45) is 5.40. The van der Waals surface area contributed by atoms with Gasteiger partial charge in [-0.25, -0.2) is 9.78 Å². The van der Waals surface area contributed by atoms with Crippen LogP contribution in [0.3, 0.4) is 0 Å². The van der Waals surface area contributed by atoms with Crippen LogP contribution in [0.4, 0.5) is 0 Å². The van der Waals surface area contributed by atoms with Gasteiger partial charge in [-0.05, 0) is 30.5 Å². The zero-order valence-corrected chi connectivity index (χ0v) is 17.2. The van der Waals surface area contributed by atoms with Gasteiger partial charge in [0.1, 0.15) is 18.1 Å². The highest BCUT2D eigenvalue weighted by Crippen LogP contribution is 2.27. The SMILES string of the molecule is COc1ccc(Cc2cnc([C@@H]3CCCN(C(=O)Cn4ccc(=O)[nH]c4=O)C3)o2)cc1. The molecule has 31 heavy (non-hydrogen) atoms. The van der Waals surface area contributed by atoms with E-state index in [4.69, 9.17) is 9.15 Å². The molecule has 0 bridgehead atoms. The van der Waals surface area contributed by atoms with E-state index in [1.54, 1.807) is 18.2 Å². The Morgan fingerprint density at radius 3 is 2.81 bits per heavy atom. The molecule has 1 fully saturated rings. The van der Waals surface area contributed by atoms with Gasteiger partial charge < -0.3 is 14.1 Å². The number of rotatable bonds is 6. The van der Waals surface area contributed by atoms with Crippen LogP contribution in [0.1, 0.15) is 36.0 Å². The Balaban J connectivity index is 1.39. The van der Waals surface area contributed by atoms with Crippen LogP contribution in [0.5, 0.6) is 5.75 Å². The topological polar surface area (TPSA) is 110 Å². The molecule has 0 unspecified atom stereocenters. The van der Waals surface area contributed by atoms with Gasteiger partial charge in [-0.15, -0.1) is 0 Å². The number of amides is 1. The highest BCUT2D eigenvalue weighted by molar-refractivity contribution is 5.76. The molecule has 1 aliphatic heterocycles. The standard InChI is InChI=1S/C22H24N4O5/c1-30-17-6-4-15(5-7-17)11-18-12-23-21(31-18)16-3-2-9-25(13-16)20(28)14-26-10-8-19(27)24-22(26)29/h4-8,10,12,16H,2-3,9,11,13-14H2,1H3,(H,24,27,29)/t16-/m1/s1. The van der Waals surface area contributed by atoms with Gasteiger partial charge in [-0.3, -0.25) is 19.1 Å². The lowest BCUT2D eigenvalue weighted by Gasteiger charge is -2.31. The smallest absolute Gasteiger partial charge is 0.328 e. The van der Waals surface area contributed by atoms with Gasteiger partial charge in [0.2, 0.25) is 5.91 Å². The molecule has 1 atom stereocenters. The number of oxazole rings is 1. The average Bonchev–Trinajstić information content (AvgIpc) is 3.25. The molecule has 1 aromatic carbocycles. The molecule has 3 aromatic rings. The van der Waals surface area contributed by atoms with Gasteiger partial charge in [0, 0.05) is 31.8 Å². The first-order chi connectivity index (χ1) is 15.0. The maximum absolute atomic E-state index is 12.7. The average molecular weight is 424 g/mol. The third-order valence-corrected chi connectivity index (χ3v) is 5.43. The van der Waals surface area contributed by atoms with Crippen LogP contribution in [0.15, 0.2) is 56.7 Å². The van der Waals surface area contributed by atoms with Crippen molar-refractivity contribution in [3.05, 3.63) is 80.8 Å². The molecule has 1 N–H and O–H groups in total. The van der Waals surface area contributed by atoms with Crippen LogP contribution < -0.4 is 16.0 Å². The number of aromatic nitrogens is 3. The largest absolute Gasteiger partial charge is 0.497 e. The maximum Gasteiger partial charge on any atom is 0.328 e. The summed E-state index contributed by atoms with van der Waals surface area (Å²) in [5.41, 5.74) is 0.0154. The van der Waals surface area contributed by atoms with Gasteiger partial charge in [0.25, 0.3) is 5.56 Å². The first-order valence-electron chi connectivity index (χ1n) is 10.2. The molecule has 0 saturated carbocycles. The number of ether oxygens (including phenoxy) is 1. The summed E-state index contributed by atoms with van der Waals surface area (Å²) in [6.45, 7) is 0.989. The summed E-state index contributed by atoms with van der Waals surface area (Å²) >= 11 is 0. The summed E-state index contributed by atoms with van der Waals surface area (Å²) in [4.78, 5) is 44.0. The van der Waals surface area contributed by atoms with Gasteiger partial charge in [-0.1, -0.05) is 12.1 Å². The number of aromatic amines is 1. The fourth-order valence-corrected chi connectivity index (χ4v) is 3.76. The second-order valence-electron chi connectivity index (χ2n) is 7.61. The summed E-state index contributed by atoms with van der Waals surface area (Å²) in [5, 5.41) is 0. The van der Waals surface area contributed by atoms with Crippen LogP contribution >= 0.6 is 0 Å². The van der Waals surface area contributed by atoms with E-state index in [0.717, 1.165) is 29.9 Å². The van der Waals surface area contributed by atoms with Gasteiger partial charge in [-0.2, -0.15) is 0 Å². The van der Waals surface area contributed by atoms with E-state index >= 15 is 0 Å². The Labute approximate surface area is 178 Å². The molecule has 9 heteroatoms. The van der Waals surface area contributed by atoms with E-state index < -0.39 is 11.2 Å². The van der Waals surface area contributed by atoms with Crippen molar-refractivity contribution in [2.45, 2.75) is 31.7 Å². The monoisotopic (exact) mass is 424 g/mol. The molecule has 162 valence electrons. The van der Waals surface area contributed by atoms with E-state index in [0.29, 0.717) is 25.4 Å². The number of H-pyrrole nitrogens is 1. The summed E-state index contributed by atoms with van der Waals surface area (Å²) in [5.74, 6) is 2.03. The zero-order valence-electron chi connectivity index (χ0n) is 17.2. The van der Waals surface area contributed by atoms with Crippen molar-refractivity contribution in [1.29, 1.82) is 0 Å². The molecule has 3 heterocycles. The Hall–Kier alpha value is -3.62. The molecule has 4 rings (SSSR count). The fourth-order valence-electron chi connectivity index (χ4n) is 3.76. The summed E-state index contributed by atoms with van der Waals surface area (Å²) in [6, 6.07) is 9.02. The summed E-state index contributed by atoms with van der Waals surface area (Å²) in [7, 11) is 1.63. The number of piperidine rings is 1. The fraction of sp³-hybridized carbons (Fsp3) is 0.364. The Morgan fingerprint density at radius 2 is 2.06 bits per heavy atom. The van der Waals surface area contributed by atoms with Gasteiger partial charge >= 0.3 is 5.69 Å². The number of carbonyl (C=O) groups excluding carboxylic acids is 1. The van der Waals surface area contributed by atoms with Crippen LogP contribution in [-0.2, 0) is 17.8 Å². The first-order valence-corrected chi connectivity index (χ1v) is 10.2. The molecule has 0 radical (unpaired) electrons. The van der Waals surface area contributed by atoms with Crippen molar-refractivity contribution in [1.82, 2.24) is 19.4 Å². The van der Waals surface area contributed by atoms with Crippen molar-refractivity contribution in [2.24, 2.45) is 0 Å². The molecule has 1 aliphatic rings. The minimum Gasteiger partial charge on any atom is -0.497 e. The van der Waals surface area contributed by atoms with Gasteiger partial charge in [0.15, 0.2) is 5.89 Å². The number of nitrogens with one attached hydrogen (secondary N) is 1. The molecular weight excluding hydrogens is 400 g/mol. The Morgan fingerprint density at radius 1 is 1.26 bits per heavy atom. The molecule has 1 saturated heterocycles. The van der Waals surface area contributed by atoms with E-state index in [2.05, 4.69) is 9.97 Å². The number of hydrogen-bond donors (Lipinski definition) is 1. The minimum atomic E-state index is -0.592. The molecule has 0 aliphatic carbocycles. The molecular formula is C22H24N4O5. The normalized spacial score (nSPS) is 16.3. The number of carbonyl (C=O) groups is 1. The highest BCUT2D eigenvalue weighted by Gasteiger charge is 2.28. The molecule has 1 amide bonds. The van der Waals surface area contributed by atoms with E-state index in [9.17, 15) is 14.4 Å². The lowest BCUT2D eigenvalue weighted by atomic mass is 9.98. The quantitative estimate of drug-likeness (QED) is 0.643. The Kier molecular flexibility index (Phi) is 6.01. The van der Waals surface area contributed by atoms with E-state index in [1.807, 2.05) is 24.3 Å². The number of nitrogens with zero attached hydrogens (tertiary/aromatic N) is 3. The second kappa shape index (κ2) is 9.03. The van der Waals surface area contributed by atoms with Crippen LogP contribution in [0, 0.1) is 0 Å². The van der Waals surface area contributed by atoms with Gasteiger partial charge in [0.05, 0.1) is 19.2 Å². The van der Waals surface area contributed by atoms with Crippen LogP contribution in [0.2, 0.25) is 0 Å².